The van der Waals surface area contributed by atoms with Crippen molar-refractivity contribution >= 4 is 16.7 Å². The van der Waals surface area contributed by atoms with Crippen molar-refractivity contribution < 1.29 is 9.00 Å². The molecule has 0 bridgehead atoms. The molecular weight excluding hydrogens is 248 g/mol. The number of rotatable bonds is 3. The van der Waals surface area contributed by atoms with Crippen LogP contribution in [-0.4, -0.2) is 27.7 Å². The average molecular weight is 266 g/mol. The zero-order valence-corrected chi connectivity index (χ0v) is 11.0. The van der Waals surface area contributed by atoms with Gasteiger partial charge < -0.3 is 11.1 Å². The molecule has 1 heterocycles. The first-order valence-corrected chi connectivity index (χ1v) is 7.62. The van der Waals surface area contributed by atoms with Crippen molar-refractivity contribution in [2.45, 2.75) is 25.4 Å². The Bertz CT molecular complexity index is 452. The summed E-state index contributed by atoms with van der Waals surface area (Å²) < 4.78 is 11.2. The van der Waals surface area contributed by atoms with Crippen LogP contribution in [0.15, 0.2) is 24.3 Å². The standard InChI is InChI=1S/C13H18N2O2S/c14-9-10-2-1-3-11(8-10)13(16)15-12-4-6-18(17)7-5-12/h1-3,8,12H,4-7,9,14H2,(H,15,16). The van der Waals surface area contributed by atoms with E-state index in [4.69, 9.17) is 5.73 Å². The van der Waals surface area contributed by atoms with Crippen LogP contribution in [0.3, 0.4) is 0 Å². The van der Waals surface area contributed by atoms with Crippen molar-refractivity contribution in [3.05, 3.63) is 35.4 Å². The largest absolute Gasteiger partial charge is 0.349 e. The van der Waals surface area contributed by atoms with Crippen LogP contribution >= 0.6 is 0 Å². The van der Waals surface area contributed by atoms with Gasteiger partial charge in [0.2, 0.25) is 0 Å². The number of benzene rings is 1. The van der Waals surface area contributed by atoms with Gasteiger partial charge >= 0.3 is 0 Å². The van der Waals surface area contributed by atoms with E-state index in [1.807, 2.05) is 18.2 Å². The number of carbonyl (C=O) groups is 1. The zero-order chi connectivity index (χ0) is 13.0. The molecule has 0 spiro atoms. The molecule has 98 valence electrons. The number of nitrogens with one attached hydrogen (secondary N) is 1. The Morgan fingerprint density at radius 3 is 2.78 bits per heavy atom. The molecule has 1 aromatic carbocycles. The van der Waals surface area contributed by atoms with Crippen LogP contribution in [0.1, 0.15) is 28.8 Å². The molecule has 0 atom stereocenters. The van der Waals surface area contributed by atoms with Crippen LogP contribution in [0.2, 0.25) is 0 Å². The SMILES string of the molecule is NCc1cccc(C(=O)NC2CCS(=O)CC2)c1. The predicted molar refractivity (Wildman–Crippen MR) is 72.7 cm³/mol. The van der Waals surface area contributed by atoms with Crippen LogP contribution in [0.25, 0.3) is 0 Å². The highest BCUT2D eigenvalue weighted by molar-refractivity contribution is 7.85. The lowest BCUT2D eigenvalue weighted by Crippen LogP contribution is -2.39. The summed E-state index contributed by atoms with van der Waals surface area (Å²) in [5.41, 5.74) is 7.15. The molecule has 0 radical (unpaired) electrons. The first-order chi connectivity index (χ1) is 8.69. The van der Waals surface area contributed by atoms with Gasteiger partial charge in [-0.2, -0.15) is 0 Å². The van der Waals surface area contributed by atoms with Gasteiger partial charge in [-0.15, -0.1) is 0 Å². The summed E-state index contributed by atoms with van der Waals surface area (Å²) in [5.74, 6) is 1.31. The van der Waals surface area contributed by atoms with Crippen LogP contribution in [0.5, 0.6) is 0 Å². The van der Waals surface area contributed by atoms with Crippen molar-refractivity contribution in [2.75, 3.05) is 11.5 Å². The van der Waals surface area contributed by atoms with E-state index in [2.05, 4.69) is 5.32 Å². The molecule has 0 saturated carbocycles. The number of nitrogens with two attached hydrogens (primary N) is 1. The van der Waals surface area contributed by atoms with E-state index >= 15 is 0 Å². The van der Waals surface area contributed by atoms with Gasteiger partial charge in [-0.25, -0.2) is 0 Å². The summed E-state index contributed by atoms with van der Waals surface area (Å²) in [6.07, 6.45) is 1.60. The Hall–Kier alpha value is -1.20. The molecule has 1 saturated heterocycles. The fourth-order valence-corrected chi connectivity index (χ4v) is 3.35. The molecule has 1 amide bonds. The van der Waals surface area contributed by atoms with Gasteiger partial charge in [0.1, 0.15) is 0 Å². The van der Waals surface area contributed by atoms with Crippen molar-refractivity contribution in [3.8, 4) is 0 Å². The van der Waals surface area contributed by atoms with Crippen molar-refractivity contribution in [1.82, 2.24) is 5.32 Å². The van der Waals surface area contributed by atoms with Crippen LogP contribution in [0, 0.1) is 0 Å². The molecule has 18 heavy (non-hydrogen) atoms. The summed E-state index contributed by atoms with van der Waals surface area (Å²) in [4.78, 5) is 12.0. The van der Waals surface area contributed by atoms with Crippen molar-refractivity contribution in [1.29, 1.82) is 0 Å². The van der Waals surface area contributed by atoms with Crippen LogP contribution < -0.4 is 11.1 Å². The number of carbonyl (C=O) groups excluding carboxylic acids is 1. The minimum atomic E-state index is -0.693. The maximum absolute atomic E-state index is 12.0. The van der Waals surface area contributed by atoms with Crippen molar-refractivity contribution in [3.63, 3.8) is 0 Å². The Labute approximate surface area is 109 Å². The van der Waals surface area contributed by atoms with Gasteiger partial charge in [0.15, 0.2) is 0 Å². The van der Waals surface area contributed by atoms with Gasteiger partial charge in [0, 0.05) is 40.5 Å². The van der Waals surface area contributed by atoms with Gasteiger partial charge in [0.25, 0.3) is 5.91 Å². The molecule has 1 aliphatic heterocycles. The molecule has 0 aliphatic carbocycles. The molecule has 3 N–H and O–H groups in total. The molecule has 1 aromatic rings. The lowest BCUT2D eigenvalue weighted by Gasteiger charge is -2.22. The lowest BCUT2D eigenvalue weighted by atomic mass is 10.1. The first-order valence-electron chi connectivity index (χ1n) is 6.14. The van der Waals surface area contributed by atoms with Crippen LogP contribution in [0.4, 0.5) is 0 Å². The highest BCUT2D eigenvalue weighted by Crippen LogP contribution is 2.11. The van der Waals surface area contributed by atoms with E-state index in [0.29, 0.717) is 23.6 Å². The number of hydrogen-bond donors (Lipinski definition) is 2. The maximum Gasteiger partial charge on any atom is 0.251 e. The highest BCUT2D eigenvalue weighted by Gasteiger charge is 2.19. The molecule has 1 fully saturated rings. The minimum Gasteiger partial charge on any atom is -0.349 e. The van der Waals surface area contributed by atoms with Gasteiger partial charge in [-0.3, -0.25) is 9.00 Å². The van der Waals surface area contributed by atoms with E-state index in [-0.39, 0.29) is 11.9 Å². The number of amides is 1. The molecule has 4 nitrogen and oxygen atoms in total. The zero-order valence-electron chi connectivity index (χ0n) is 10.2. The summed E-state index contributed by atoms with van der Waals surface area (Å²) in [6, 6.07) is 7.50. The summed E-state index contributed by atoms with van der Waals surface area (Å²) >= 11 is 0. The summed E-state index contributed by atoms with van der Waals surface area (Å²) in [6.45, 7) is 0.434. The molecule has 0 unspecified atom stereocenters. The highest BCUT2D eigenvalue weighted by atomic mass is 32.2. The monoisotopic (exact) mass is 266 g/mol. The van der Waals surface area contributed by atoms with E-state index in [1.165, 1.54) is 0 Å². The molecule has 2 rings (SSSR count). The van der Waals surface area contributed by atoms with Crippen LogP contribution in [-0.2, 0) is 17.3 Å². The van der Waals surface area contributed by atoms with E-state index < -0.39 is 10.8 Å². The molecule has 0 aromatic heterocycles. The third-order valence-electron chi connectivity index (χ3n) is 3.15. The molecule has 5 heteroatoms. The van der Waals surface area contributed by atoms with Gasteiger partial charge in [-0.05, 0) is 30.5 Å². The second-order valence-electron chi connectivity index (χ2n) is 4.50. The Balaban J connectivity index is 1.96. The lowest BCUT2D eigenvalue weighted by molar-refractivity contribution is 0.0934. The Morgan fingerprint density at radius 1 is 1.39 bits per heavy atom. The second kappa shape index (κ2) is 6.11. The van der Waals surface area contributed by atoms with Gasteiger partial charge in [0.05, 0.1) is 0 Å². The fourth-order valence-electron chi connectivity index (χ4n) is 2.05. The minimum absolute atomic E-state index is 0.0667. The Kier molecular flexibility index (Phi) is 4.49. The van der Waals surface area contributed by atoms with Crippen molar-refractivity contribution in [2.24, 2.45) is 5.73 Å². The third-order valence-corrected chi connectivity index (χ3v) is 4.53. The van der Waals surface area contributed by atoms with E-state index in [1.54, 1.807) is 6.07 Å². The smallest absolute Gasteiger partial charge is 0.251 e. The third kappa shape index (κ3) is 3.40. The molecular formula is C13H18N2O2S. The summed E-state index contributed by atoms with van der Waals surface area (Å²) in [5, 5.41) is 2.99. The Morgan fingerprint density at radius 2 is 2.11 bits per heavy atom. The quantitative estimate of drug-likeness (QED) is 0.849. The van der Waals surface area contributed by atoms with E-state index in [0.717, 1.165) is 18.4 Å². The molecule has 1 aliphatic rings. The normalized spacial score (nSPS) is 23.6. The maximum atomic E-state index is 12.0. The average Bonchev–Trinajstić information content (AvgIpc) is 2.41. The number of hydrogen-bond acceptors (Lipinski definition) is 3. The van der Waals surface area contributed by atoms with E-state index in [9.17, 15) is 9.00 Å². The fraction of sp³-hybridized carbons (Fsp3) is 0.462. The van der Waals surface area contributed by atoms with Gasteiger partial charge in [-0.1, -0.05) is 12.1 Å². The predicted octanol–water partition coefficient (Wildman–Crippen LogP) is 0.786. The summed E-state index contributed by atoms with van der Waals surface area (Å²) in [7, 11) is -0.693. The first kappa shape index (κ1) is 13.2. The second-order valence-corrected chi connectivity index (χ2v) is 6.20. The topological polar surface area (TPSA) is 72.2 Å².